The molecule has 1 aromatic heterocycles. The topological polar surface area (TPSA) is 73.2 Å². The van der Waals surface area contributed by atoms with E-state index in [0.29, 0.717) is 18.6 Å². The van der Waals surface area contributed by atoms with Gasteiger partial charge in [-0.1, -0.05) is 18.2 Å². The summed E-state index contributed by atoms with van der Waals surface area (Å²) in [5.74, 6) is 1.56. The second-order valence-corrected chi connectivity index (χ2v) is 9.26. The molecule has 8 heteroatoms. The number of fused-ring (bicyclic) bond motifs is 2. The third-order valence-electron chi connectivity index (χ3n) is 5.53. The summed E-state index contributed by atoms with van der Waals surface area (Å²) in [6, 6.07) is 15.0. The second-order valence-electron chi connectivity index (χ2n) is 7.35. The van der Waals surface area contributed by atoms with E-state index >= 15 is 0 Å². The van der Waals surface area contributed by atoms with Crippen molar-refractivity contribution in [2.45, 2.75) is 11.4 Å². The number of rotatable bonds is 4. The van der Waals surface area contributed by atoms with Gasteiger partial charge in [0.05, 0.1) is 31.7 Å². The Labute approximate surface area is 169 Å². The zero-order valence-corrected chi connectivity index (χ0v) is 16.7. The number of hydrogen-bond donors (Lipinski definition) is 1. The minimum atomic E-state index is -3.57. The lowest BCUT2D eigenvalue weighted by Crippen LogP contribution is -3.13. The van der Waals surface area contributed by atoms with Crippen molar-refractivity contribution in [2.75, 3.05) is 33.0 Å². The number of para-hydroxylation sites is 1. The lowest BCUT2D eigenvalue weighted by atomic mass is 10.2. The number of hydrogen-bond acceptors (Lipinski definition) is 5. The largest absolute Gasteiger partial charge is 0.454 e. The normalized spacial score (nSPS) is 17.7. The second kappa shape index (κ2) is 7.29. The minimum absolute atomic E-state index is 0.269. The van der Waals surface area contributed by atoms with Crippen molar-refractivity contribution >= 4 is 20.9 Å². The van der Waals surface area contributed by atoms with Crippen LogP contribution in [0.1, 0.15) is 5.56 Å². The predicted octanol–water partition coefficient (Wildman–Crippen LogP) is 1.05. The molecule has 1 fully saturated rings. The SMILES string of the molecule is O=S(=O)(c1cccc2cccnc12)N1CC[NH+](Cc2ccc3c(c2)OCO3)CC1. The summed E-state index contributed by atoms with van der Waals surface area (Å²) in [7, 11) is -3.57. The Hall–Kier alpha value is -2.68. The van der Waals surface area contributed by atoms with Gasteiger partial charge in [0.1, 0.15) is 11.4 Å². The van der Waals surface area contributed by atoms with Gasteiger partial charge in [0, 0.05) is 17.1 Å². The fourth-order valence-electron chi connectivity index (χ4n) is 3.98. The van der Waals surface area contributed by atoms with Crippen LogP contribution in [0.15, 0.2) is 59.6 Å². The molecule has 2 aromatic carbocycles. The first-order valence-electron chi connectivity index (χ1n) is 9.67. The van der Waals surface area contributed by atoms with Crippen LogP contribution >= 0.6 is 0 Å². The molecular formula is C21H22N3O4S+. The molecule has 2 aliphatic rings. The number of nitrogens with one attached hydrogen (secondary N) is 1. The highest BCUT2D eigenvalue weighted by Gasteiger charge is 2.32. The molecule has 3 aromatic rings. The molecular weight excluding hydrogens is 390 g/mol. The van der Waals surface area contributed by atoms with E-state index in [1.165, 1.54) is 10.5 Å². The molecule has 7 nitrogen and oxygen atoms in total. The third kappa shape index (κ3) is 3.43. The number of nitrogens with zero attached hydrogens (tertiary/aromatic N) is 2. The molecule has 0 bridgehead atoms. The Kier molecular flexibility index (Phi) is 4.61. The van der Waals surface area contributed by atoms with Crippen LogP contribution in [-0.4, -0.2) is 50.7 Å². The summed E-state index contributed by atoms with van der Waals surface area (Å²) in [6.45, 7) is 3.60. The number of benzene rings is 2. The third-order valence-corrected chi connectivity index (χ3v) is 7.46. The van der Waals surface area contributed by atoms with Crippen molar-refractivity contribution in [2.24, 2.45) is 0 Å². The number of aromatic nitrogens is 1. The van der Waals surface area contributed by atoms with Crippen LogP contribution in [0.4, 0.5) is 0 Å². The zero-order chi connectivity index (χ0) is 19.8. The van der Waals surface area contributed by atoms with Gasteiger partial charge < -0.3 is 14.4 Å². The Balaban J connectivity index is 1.30. The lowest BCUT2D eigenvalue weighted by molar-refractivity contribution is -0.917. The molecule has 0 spiro atoms. The maximum Gasteiger partial charge on any atom is 0.245 e. The molecule has 1 saturated heterocycles. The molecule has 1 N–H and O–H groups in total. The monoisotopic (exact) mass is 412 g/mol. The summed E-state index contributed by atoms with van der Waals surface area (Å²) in [6.07, 6.45) is 1.63. The molecule has 29 heavy (non-hydrogen) atoms. The van der Waals surface area contributed by atoms with Crippen LogP contribution in [0.3, 0.4) is 0 Å². The van der Waals surface area contributed by atoms with Gasteiger partial charge in [-0.3, -0.25) is 4.98 Å². The first-order valence-corrected chi connectivity index (χ1v) is 11.1. The average molecular weight is 412 g/mol. The molecule has 0 unspecified atom stereocenters. The van der Waals surface area contributed by atoms with E-state index in [1.54, 1.807) is 22.6 Å². The van der Waals surface area contributed by atoms with E-state index in [0.717, 1.165) is 36.5 Å². The first kappa shape index (κ1) is 18.4. The average Bonchev–Trinajstić information content (AvgIpc) is 3.21. The van der Waals surface area contributed by atoms with E-state index in [1.807, 2.05) is 36.4 Å². The molecule has 0 atom stereocenters. The highest BCUT2D eigenvalue weighted by Crippen LogP contribution is 2.32. The highest BCUT2D eigenvalue weighted by atomic mass is 32.2. The van der Waals surface area contributed by atoms with Crippen LogP contribution in [0.2, 0.25) is 0 Å². The summed E-state index contributed by atoms with van der Waals surface area (Å²) in [4.78, 5) is 5.95. The van der Waals surface area contributed by atoms with Gasteiger partial charge in [0.15, 0.2) is 11.5 Å². The zero-order valence-electron chi connectivity index (χ0n) is 15.9. The summed E-state index contributed by atoms with van der Waals surface area (Å²) in [5.41, 5.74) is 1.70. The molecule has 0 saturated carbocycles. The first-order chi connectivity index (χ1) is 14.1. The molecule has 5 rings (SSSR count). The van der Waals surface area contributed by atoms with Gasteiger partial charge >= 0.3 is 0 Å². The minimum Gasteiger partial charge on any atom is -0.454 e. The number of sulfonamides is 1. The number of piperazine rings is 1. The van der Waals surface area contributed by atoms with E-state index in [9.17, 15) is 8.42 Å². The highest BCUT2D eigenvalue weighted by molar-refractivity contribution is 7.89. The summed E-state index contributed by atoms with van der Waals surface area (Å²) < 4.78 is 38.9. The van der Waals surface area contributed by atoms with Crippen LogP contribution in [0.25, 0.3) is 10.9 Å². The van der Waals surface area contributed by atoms with Gasteiger partial charge in [0.2, 0.25) is 16.8 Å². The maximum atomic E-state index is 13.2. The number of pyridine rings is 1. The predicted molar refractivity (Wildman–Crippen MR) is 107 cm³/mol. The Bertz CT molecular complexity index is 1150. The van der Waals surface area contributed by atoms with Gasteiger partial charge in [-0.15, -0.1) is 0 Å². The molecule has 0 aliphatic carbocycles. The number of quaternary nitrogens is 1. The van der Waals surface area contributed by atoms with Crippen LogP contribution in [0, 0.1) is 0 Å². The Morgan fingerprint density at radius 2 is 1.79 bits per heavy atom. The smallest absolute Gasteiger partial charge is 0.245 e. The van der Waals surface area contributed by atoms with Gasteiger partial charge in [-0.05, 0) is 30.3 Å². The van der Waals surface area contributed by atoms with Crippen LogP contribution in [-0.2, 0) is 16.6 Å². The van der Waals surface area contributed by atoms with Crippen molar-refractivity contribution < 1.29 is 22.8 Å². The molecule has 150 valence electrons. The fraction of sp³-hybridized carbons (Fsp3) is 0.286. The lowest BCUT2D eigenvalue weighted by Gasteiger charge is -2.31. The quantitative estimate of drug-likeness (QED) is 0.694. The maximum absolute atomic E-state index is 13.2. The van der Waals surface area contributed by atoms with Crippen molar-refractivity contribution in [1.82, 2.24) is 9.29 Å². The standard InChI is InChI=1S/C21H21N3O4S/c25-29(26,20-5-1-3-17-4-2-8-22-21(17)20)24-11-9-23(10-12-24)14-16-6-7-18-19(13-16)28-15-27-18/h1-8,13H,9-12,14-15H2/p+1. The summed E-state index contributed by atoms with van der Waals surface area (Å²) >= 11 is 0. The van der Waals surface area contributed by atoms with Crippen molar-refractivity contribution in [3.63, 3.8) is 0 Å². The van der Waals surface area contributed by atoms with E-state index in [4.69, 9.17) is 9.47 Å². The van der Waals surface area contributed by atoms with Crippen molar-refractivity contribution in [3.8, 4) is 11.5 Å². The Morgan fingerprint density at radius 1 is 1.00 bits per heavy atom. The van der Waals surface area contributed by atoms with Crippen molar-refractivity contribution in [3.05, 3.63) is 60.3 Å². The molecule has 2 aliphatic heterocycles. The van der Waals surface area contributed by atoms with Crippen molar-refractivity contribution in [1.29, 1.82) is 0 Å². The van der Waals surface area contributed by atoms with Gasteiger partial charge in [-0.2, -0.15) is 4.31 Å². The van der Waals surface area contributed by atoms with E-state index in [-0.39, 0.29) is 11.7 Å². The van der Waals surface area contributed by atoms with Crippen LogP contribution in [0.5, 0.6) is 11.5 Å². The summed E-state index contributed by atoms with van der Waals surface area (Å²) in [5, 5.41) is 0.834. The molecule has 0 radical (unpaired) electrons. The number of ether oxygens (including phenoxy) is 2. The van der Waals surface area contributed by atoms with E-state index < -0.39 is 10.0 Å². The Morgan fingerprint density at radius 3 is 2.66 bits per heavy atom. The fourth-order valence-corrected chi connectivity index (χ4v) is 5.59. The van der Waals surface area contributed by atoms with Crippen LogP contribution < -0.4 is 14.4 Å². The van der Waals surface area contributed by atoms with Gasteiger partial charge in [0.25, 0.3) is 0 Å². The molecule has 3 heterocycles. The van der Waals surface area contributed by atoms with E-state index in [2.05, 4.69) is 4.98 Å². The van der Waals surface area contributed by atoms with Gasteiger partial charge in [-0.25, -0.2) is 8.42 Å². The molecule has 0 amide bonds.